The number of imide groups is 1. The quantitative estimate of drug-likeness (QED) is 0.155. The molecule has 0 bridgehead atoms. The molecule has 2 heterocycles. The molecule has 3 aliphatic rings. The number of carbonyl (C=O) groups excluding carboxylic acids is 2. The van der Waals surface area contributed by atoms with E-state index in [1.54, 1.807) is 12.1 Å². The van der Waals surface area contributed by atoms with Gasteiger partial charge in [-0.2, -0.15) is 0 Å². The number of amides is 2. The summed E-state index contributed by atoms with van der Waals surface area (Å²) in [6, 6.07) is 3.46. The third kappa shape index (κ3) is 5.54. The largest absolute Gasteiger partial charge is 0.504 e. The van der Waals surface area contributed by atoms with Crippen molar-refractivity contribution in [3.63, 3.8) is 0 Å². The Morgan fingerprint density at radius 1 is 1.22 bits per heavy atom. The lowest BCUT2D eigenvalue weighted by atomic mass is 9.54. The summed E-state index contributed by atoms with van der Waals surface area (Å²) >= 11 is 2.01. The summed E-state index contributed by atoms with van der Waals surface area (Å²) in [5.41, 5.74) is 2.47. The molecule has 3 N–H and O–H groups in total. The van der Waals surface area contributed by atoms with Gasteiger partial charge in [0.05, 0.1) is 28.6 Å². The molecule has 0 saturated carbocycles. The molecular weight excluding hydrogens is 592 g/mol. The first-order valence-corrected chi connectivity index (χ1v) is 13.9. The first-order valence-electron chi connectivity index (χ1n) is 12.9. The number of fused-ring (bicyclic) bond motifs is 3. The van der Waals surface area contributed by atoms with Gasteiger partial charge in [-0.05, 0) is 83.8 Å². The number of hydrogen-bond donors (Lipinski definition) is 3. The Morgan fingerprint density at radius 3 is 2.65 bits per heavy atom. The number of ether oxygens (including phenoxy) is 1. The van der Waals surface area contributed by atoms with Gasteiger partial charge in [-0.3, -0.25) is 19.3 Å². The summed E-state index contributed by atoms with van der Waals surface area (Å²) in [6.45, 7) is 2.33. The predicted molar refractivity (Wildman–Crippen MR) is 144 cm³/mol. The second kappa shape index (κ2) is 11.7. The number of carboxylic acids is 1. The highest BCUT2D eigenvalue weighted by atomic mass is 127. The molecule has 0 unspecified atom stereocenters. The first kappa shape index (κ1) is 27.9. The van der Waals surface area contributed by atoms with Crippen molar-refractivity contribution in [2.75, 3.05) is 13.7 Å². The Hall–Kier alpha value is -2.12. The second-order valence-electron chi connectivity index (χ2n) is 10.1. The van der Waals surface area contributed by atoms with E-state index < -0.39 is 31.0 Å². The van der Waals surface area contributed by atoms with E-state index in [4.69, 9.17) is 14.5 Å². The summed E-state index contributed by atoms with van der Waals surface area (Å²) < 4.78 is 11.9. The number of aromatic hydroxyl groups is 1. The third-order valence-corrected chi connectivity index (χ3v) is 8.59. The minimum Gasteiger partial charge on any atom is -0.504 e. The summed E-state index contributed by atoms with van der Waals surface area (Å²) in [4.78, 5) is 39.1. The van der Waals surface area contributed by atoms with Crippen LogP contribution in [0.1, 0.15) is 70.0 Å². The van der Waals surface area contributed by atoms with Crippen LogP contribution in [0.25, 0.3) is 0 Å². The van der Waals surface area contributed by atoms with Crippen LogP contribution in [0.15, 0.2) is 23.2 Å². The van der Waals surface area contributed by atoms with E-state index in [1.807, 2.05) is 29.5 Å². The Labute approximate surface area is 230 Å². The SMILES string of the molecule is CCCC1=C2B(O)O[C@H](c3cc(I)c(O)c(OC)c3)C[C@H]2[C@H]2C(=O)N(CCCCCC(=O)O)C(=O)[C@H]2C1. The van der Waals surface area contributed by atoms with Crippen LogP contribution in [0, 0.1) is 21.3 Å². The van der Waals surface area contributed by atoms with Crippen molar-refractivity contribution in [3.05, 3.63) is 32.3 Å². The monoisotopic (exact) mass is 625 g/mol. The fraction of sp³-hybridized carbons (Fsp3) is 0.577. The van der Waals surface area contributed by atoms with Crippen molar-refractivity contribution in [2.24, 2.45) is 17.8 Å². The second-order valence-corrected chi connectivity index (χ2v) is 11.2. The first-order chi connectivity index (χ1) is 17.7. The lowest BCUT2D eigenvalue weighted by Gasteiger charge is -2.42. The van der Waals surface area contributed by atoms with Crippen molar-refractivity contribution in [1.82, 2.24) is 4.90 Å². The molecule has 2 saturated heterocycles. The molecule has 2 aliphatic heterocycles. The maximum atomic E-state index is 13.6. The lowest BCUT2D eigenvalue weighted by Crippen LogP contribution is -2.45. The van der Waals surface area contributed by atoms with Gasteiger partial charge in [0.2, 0.25) is 11.8 Å². The number of allylic oxidation sites excluding steroid dienone is 2. The van der Waals surface area contributed by atoms with Gasteiger partial charge in [0.15, 0.2) is 11.5 Å². The highest BCUT2D eigenvalue weighted by Gasteiger charge is 2.57. The van der Waals surface area contributed by atoms with Crippen molar-refractivity contribution >= 4 is 47.5 Å². The van der Waals surface area contributed by atoms with Gasteiger partial charge >= 0.3 is 13.1 Å². The van der Waals surface area contributed by atoms with Crippen LogP contribution in [-0.4, -0.2) is 58.7 Å². The van der Waals surface area contributed by atoms with Crippen molar-refractivity contribution in [3.8, 4) is 11.5 Å². The maximum absolute atomic E-state index is 13.6. The van der Waals surface area contributed by atoms with Gasteiger partial charge < -0.3 is 24.6 Å². The number of nitrogens with zero attached hydrogens (tertiary/aromatic N) is 1. The maximum Gasteiger partial charge on any atom is 0.487 e. The molecule has 1 aliphatic carbocycles. The molecule has 1 aromatic carbocycles. The summed E-state index contributed by atoms with van der Waals surface area (Å²) in [5, 5.41) is 30.2. The zero-order chi connectivity index (χ0) is 26.9. The van der Waals surface area contributed by atoms with Gasteiger partial charge in [0, 0.05) is 13.0 Å². The zero-order valence-electron chi connectivity index (χ0n) is 21.1. The molecule has 0 aromatic heterocycles. The van der Waals surface area contributed by atoms with Crippen molar-refractivity contribution < 1.29 is 39.0 Å². The number of carboxylic acid groups (broad SMARTS) is 1. The Balaban J connectivity index is 1.60. The number of halogens is 1. The van der Waals surface area contributed by atoms with Crippen LogP contribution in [0.3, 0.4) is 0 Å². The standard InChI is InChI=1S/C26H33BINO8/c1-3-7-14-10-17-22(26(34)29(25(17)33)9-6-4-5-8-21(30)31)16-13-19(37-27(35)23(14)16)15-11-18(28)24(32)20(12-15)36-2/h11-12,16-17,19,22,32,35H,3-10,13H2,1-2H3,(H,30,31)/t16-,17-,19-,22+/m0/s1. The fourth-order valence-electron chi connectivity index (χ4n) is 6.11. The number of phenols is 1. The normalized spacial score (nSPS) is 25.4. The van der Waals surface area contributed by atoms with Gasteiger partial charge in [-0.15, -0.1) is 0 Å². The highest BCUT2D eigenvalue weighted by Crippen LogP contribution is 2.52. The molecule has 0 radical (unpaired) electrons. The van der Waals surface area contributed by atoms with Crippen LogP contribution >= 0.6 is 22.6 Å². The number of carbonyl (C=O) groups is 3. The third-order valence-electron chi connectivity index (χ3n) is 7.77. The van der Waals surface area contributed by atoms with Crippen LogP contribution in [0.5, 0.6) is 11.5 Å². The van der Waals surface area contributed by atoms with Gasteiger partial charge in [-0.1, -0.05) is 25.3 Å². The summed E-state index contributed by atoms with van der Waals surface area (Å²) in [5.74, 6) is -2.24. The van der Waals surface area contributed by atoms with Gasteiger partial charge in [-0.25, -0.2) is 0 Å². The summed E-state index contributed by atoms with van der Waals surface area (Å²) in [6.07, 6.45) is 3.68. The highest BCUT2D eigenvalue weighted by molar-refractivity contribution is 14.1. The Morgan fingerprint density at radius 2 is 1.97 bits per heavy atom. The van der Waals surface area contributed by atoms with Crippen molar-refractivity contribution in [2.45, 2.75) is 64.4 Å². The number of rotatable bonds is 10. The van der Waals surface area contributed by atoms with E-state index in [9.17, 15) is 24.5 Å². The average molecular weight is 625 g/mol. The van der Waals surface area contributed by atoms with E-state index in [2.05, 4.69) is 0 Å². The fourth-order valence-corrected chi connectivity index (χ4v) is 6.73. The zero-order valence-corrected chi connectivity index (χ0v) is 23.3. The topological polar surface area (TPSA) is 134 Å². The molecule has 200 valence electrons. The van der Waals surface area contributed by atoms with E-state index >= 15 is 0 Å². The molecule has 11 heteroatoms. The number of aliphatic carboxylic acids is 1. The van der Waals surface area contributed by atoms with Crippen LogP contribution in [0.4, 0.5) is 0 Å². The van der Waals surface area contributed by atoms with Crippen LogP contribution in [0.2, 0.25) is 0 Å². The van der Waals surface area contributed by atoms with E-state index in [0.717, 1.165) is 29.5 Å². The lowest BCUT2D eigenvalue weighted by molar-refractivity contribution is -0.141. The number of unbranched alkanes of at least 4 members (excludes halogenated alkanes) is 2. The van der Waals surface area contributed by atoms with E-state index in [0.29, 0.717) is 41.4 Å². The summed E-state index contributed by atoms with van der Waals surface area (Å²) in [7, 11) is 0.283. The minimum absolute atomic E-state index is 0.0299. The average Bonchev–Trinajstić information content (AvgIpc) is 3.09. The predicted octanol–water partition coefficient (Wildman–Crippen LogP) is 3.85. The van der Waals surface area contributed by atoms with Crippen molar-refractivity contribution in [1.29, 1.82) is 0 Å². The smallest absolute Gasteiger partial charge is 0.487 e. The van der Waals surface area contributed by atoms with E-state index in [-0.39, 0.29) is 36.4 Å². The van der Waals surface area contributed by atoms with Crippen LogP contribution < -0.4 is 4.74 Å². The van der Waals surface area contributed by atoms with Gasteiger partial charge in [0.25, 0.3) is 0 Å². The number of hydrogen-bond acceptors (Lipinski definition) is 7. The molecule has 9 nitrogen and oxygen atoms in total. The minimum atomic E-state index is -1.18. The molecule has 2 fully saturated rings. The molecular formula is C26H33BINO8. The number of methoxy groups -OCH3 is 1. The molecule has 37 heavy (non-hydrogen) atoms. The Kier molecular flexibility index (Phi) is 8.85. The molecule has 4 rings (SSSR count). The van der Waals surface area contributed by atoms with Crippen LogP contribution in [-0.2, 0) is 19.0 Å². The number of benzene rings is 1. The Bertz CT molecular complexity index is 1110. The molecule has 4 atom stereocenters. The molecule has 2 amide bonds. The van der Waals surface area contributed by atoms with Gasteiger partial charge in [0.1, 0.15) is 0 Å². The van der Waals surface area contributed by atoms with E-state index in [1.165, 1.54) is 12.0 Å². The number of phenolic OH excluding ortho intramolecular Hbond substituents is 1. The molecule has 0 spiro atoms. The molecule has 1 aromatic rings. The number of likely N-dealkylation sites (tertiary alicyclic amines) is 1.